The maximum atomic E-state index is 10.5. The number of hydrogen-bond donors (Lipinski definition) is 1. The third-order valence-electron chi connectivity index (χ3n) is 1.84. The molecule has 0 bridgehead atoms. The van der Waals surface area contributed by atoms with Crippen LogP contribution in [0.25, 0.3) is 0 Å². The van der Waals surface area contributed by atoms with Crippen molar-refractivity contribution in [1.29, 1.82) is 0 Å². The zero-order valence-electron chi connectivity index (χ0n) is 8.63. The normalized spacial score (nSPS) is 11.5. The minimum absolute atomic E-state index is 0.0804. The molecule has 0 aromatic carbocycles. The van der Waals surface area contributed by atoms with Crippen molar-refractivity contribution in [1.82, 2.24) is 9.55 Å². The van der Waals surface area contributed by atoms with Crippen molar-refractivity contribution in [3.05, 3.63) is 42.5 Å². The number of nitrogens with zero attached hydrogens (tertiary/aromatic N) is 2. The summed E-state index contributed by atoms with van der Waals surface area (Å²) in [5.74, 6) is -0.994. The predicted octanol–water partition coefficient (Wildman–Crippen LogP) is 2.10. The van der Waals surface area contributed by atoms with Gasteiger partial charge in [0.2, 0.25) is 0 Å². The average Bonchev–Trinajstić information content (AvgIpc) is 2.66. The monoisotopic (exact) mass is 206 g/mol. The molecule has 0 saturated heterocycles. The van der Waals surface area contributed by atoms with E-state index in [2.05, 4.69) is 4.98 Å². The molecule has 0 saturated carbocycles. The largest absolute Gasteiger partial charge is 0.476 e. The van der Waals surface area contributed by atoms with E-state index in [1.54, 1.807) is 4.57 Å². The number of imidazole rings is 1. The van der Waals surface area contributed by atoms with Crippen LogP contribution in [0.15, 0.2) is 36.8 Å². The first-order chi connectivity index (χ1) is 7.24. The Bertz CT molecular complexity index is 378. The van der Waals surface area contributed by atoms with E-state index in [9.17, 15) is 4.79 Å². The molecule has 0 amide bonds. The lowest BCUT2D eigenvalue weighted by atomic mass is 10.3. The molecule has 0 unspecified atom stereocenters. The van der Waals surface area contributed by atoms with Crippen molar-refractivity contribution in [3.8, 4) is 0 Å². The molecule has 1 heterocycles. The molecule has 0 aliphatic rings. The van der Waals surface area contributed by atoms with Gasteiger partial charge >= 0.3 is 5.97 Å². The summed E-state index contributed by atoms with van der Waals surface area (Å²) in [4.78, 5) is 14.3. The first-order valence-corrected chi connectivity index (χ1v) is 4.75. The van der Waals surface area contributed by atoms with Gasteiger partial charge in [0.15, 0.2) is 5.69 Å². The molecule has 0 spiro atoms. The number of aromatic carboxylic acids is 1. The van der Waals surface area contributed by atoms with Crippen molar-refractivity contribution in [2.75, 3.05) is 0 Å². The van der Waals surface area contributed by atoms with E-state index in [1.165, 1.54) is 12.5 Å². The highest BCUT2D eigenvalue weighted by Crippen LogP contribution is 1.97. The molecule has 0 atom stereocenters. The topological polar surface area (TPSA) is 55.1 Å². The van der Waals surface area contributed by atoms with Gasteiger partial charge in [-0.1, -0.05) is 24.3 Å². The fourth-order valence-corrected chi connectivity index (χ4v) is 1.08. The molecule has 1 rings (SSSR count). The summed E-state index contributed by atoms with van der Waals surface area (Å²) >= 11 is 0. The summed E-state index contributed by atoms with van der Waals surface area (Å²) in [5.41, 5.74) is 0.0804. The quantitative estimate of drug-likeness (QED) is 0.750. The van der Waals surface area contributed by atoms with E-state index in [0.29, 0.717) is 6.54 Å². The van der Waals surface area contributed by atoms with Crippen molar-refractivity contribution in [2.24, 2.45) is 0 Å². The molecule has 0 aliphatic heterocycles. The van der Waals surface area contributed by atoms with E-state index in [4.69, 9.17) is 5.11 Å². The van der Waals surface area contributed by atoms with Gasteiger partial charge in [-0.2, -0.15) is 0 Å². The Morgan fingerprint density at radius 1 is 1.53 bits per heavy atom. The second kappa shape index (κ2) is 5.80. The third-order valence-corrected chi connectivity index (χ3v) is 1.84. The number of carboxylic acid groups (broad SMARTS) is 1. The molecule has 4 nitrogen and oxygen atoms in total. The van der Waals surface area contributed by atoms with E-state index in [0.717, 1.165) is 6.42 Å². The Morgan fingerprint density at radius 2 is 2.33 bits per heavy atom. The van der Waals surface area contributed by atoms with Crippen molar-refractivity contribution in [3.63, 3.8) is 0 Å². The van der Waals surface area contributed by atoms with Crippen LogP contribution in [0.2, 0.25) is 0 Å². The summed E-state index contributed by atoms with van der Waals surface area (Å²) in [6.07, 6.45) is 12.0. The predicted molar refractivity (Wildman–Crippen MR) is 57.8 cm³/mol. The Balaban J connectivity index is 2.44. The van der Waals surface area contributed by atoms with E-state index < -0.39 is 5.97 Å². The van der Waals surface area contributed by atoms with Crippen LogP contribution in [0.5, 0.6) is 0 Å². The molecule has 15 heavy (non-hydrogen) atoms. The Morgan fingerprint density at radius 3 is 2.93 bits per heavy atom. The molecule has 80 valence electrons. The van der Waals surface area contributed by atoms with Crippen LogP contribution in [0, 0.1) is 0 Å². The molecular weight excluding hydrogens is 192 g/mol. The second-order valence-electron chi connectivity index (χ2n) is 3.04. The lowest BCUT2D eigenvalue weighted by molar-refractivity contribution is 0.0691. The van der Waals surface area contributed by atoms with Gasteiger partial charge < -0.3 is 9.67 Å². The lowest BCUT2D eigenvalue weighted by Gasteiger charge is -1.93. The third kappa shape index (κ3) is 3.81. The van der Waals surface area contributed by atoms with Crippen LogP contribution in [-0.2, 0) is 6.54 Å². The molecule has 4 heteroatoms. The van der Waals surface area contributed by atoms with Crippen LogP contribution in [0.1, 0.15) is 23.8 Å². The van der Waals surface area contributed by atoms with Crippen molar-refractivity contribution >= 4 is 5.97 Å². The Kier molecular flexibility index (Phi) is 4.34. The minimum Gasteiger partial charge on any atom is -0.476 e. The lowest BCUT2D eigenvalue weighted by Crippen LogP contribution is -1.96. The average molecular weight is 206 g/mol. The maximum absolute atomic E-state index is 10.5. The van der Waals surface area contributed by atoms with Crippen LogP contribution in [0.3, 0.4) is 0 Å². The van der Waals surface area contributed by atoms with Crippen LogP contribution >= 0.6 is 0 Å². The van der Waals surface area contributed by atoms with Crippen LogP contribution in [-0.4, -0.2) is 20.6 Å². The number of hydrogen-bond acceptors (Lipinski definition) is 2. The SMILES string of the molecule is C/C=C/C/C=C/Cn1cnc(C(=O)O)c1. The van der Waals surface area contributed by atoms with Gasteiger partial charge in [-0.15, -0.1) is 0 Å². The van der Waals surface area contributed by atoms with Gasteiger partial charge in [-0.05, 0) is 13.3 Å². The first kappa shape index (κ1) is 11.2. The van der Waals surface area contributed by atoms with Gasteiger partial charge in [-0.3, -0.25) is 0 Å². The standard InChI is InChI=1S/C11H14N2O2/c1-2-3-4-5-6-7-13-8-10(11(14)15)12-9-13/h2-3,5-6,8-9H,4,7H2,1H3,(H,14,15)/b3-2+,6-5+. The Hall–Kier alpha value is -1.84. The summed E-state index contributed by atoms with van der Waals surface area (Å²) in [7, 11) is 0. The van der Waals surface area contributed by atoms with E-state index in [-0.39, 0.29) is 5.69 Å². The van der Waals surface area contributed by atoms with E-state index >= 15 is 0 Å². The summed E-state index contributed by atoms with van der Waals surface area (Å²) in [5, 5.41) is 8.64. The zero-order valence-corrected chi connectivity index (χ0v) is 8.63. The second-order valence-corrected chi connectivity index (χ2v) is 3.04. The fraction of sp³-hybridized carbons (Fsp3) is 0.273. The van der Waals surface area contributed by atoms with Crippen LogP contribution < -0.4 is 0 Å². The summed E-state index contributed by atoms with van der Waals surface area (Å²) in [6.45, 7) is 2.63. The molecule has 1 aromatic heterocycles. The van der Waals surface area contributed by atoms with Crippen molar-refractivity contribution in [2.45, 2.75) is 19.9 Å². The molecule has 1 aromatic rings. The van der Waals surface area contributed by atoms with E-state index in [1.807, 2.05) is 31.2 Å². The first-order valence-electron chi connectivity index (χ1n) is 4.75. The smallest absolute Gasteiger partial charge is 0.356 e. The Labute approximate surface area is 88.6 Å². The molecule has 0 radical (unpaired) electrons. The maximum Gasteiger partial charge on any atom is 0.356 e. The number of carboxylic acids is 1. The summed E-state index contributed by atoms with van der Waals surface area (Å²) < 4.78 is 1.73. The minimum atomic E-state index is -0.994. The van der Waals surface area contributed by atoms with Gasteiger partial charge in [0.25, 0.3) is 0 Å². The van der Waals surface area contributed by atoms with Gasteiger partial charge in [0.1, 0.15) is 0 Å². The van der Waals surface area contributed by atoms with Gasteiger partial charge in [0.05, 0.1) is 6.33 Å². The molecule has 0 fully saturated rings. The highest BCUT2D eigenvalue weighted by Gasteiger charge is 2.04. The fourth-order valence-electron chi connectivity index (χ4n) is 1.08. The van der Waals surface area contributed by atoms with Crippen molar-refractivity contribution < 1.29 is 9.90 Å². The van der Waals surface area contributed by atoms with Gasteiger partial charge in [-0.25, -0.2) is 9.78 Å². The number of allylic oxidation sites excluding steroid dienone is 4. The number of rotatable bonds is 5. The highest BCUT2D eigenvalue weighted by atomic mass is 16.4. The highest BCUT2D eigenvalue weighted by molar-refractivity contribution is 5.84. The summed E-state index contributed by atoms with van der Waals surface area (Å²) in [6, 6.07) is 0. The van der Waals surface area contributed by atoms with Gasteiger partial charge in [0, 0.05) is 12.7 Å². The number of carbonyl (C=O) groups is 1. The zero-order chi connectivity index (χ0) is 11.1. The van der Waals surface area contributed by atoms with Crippen LogP contribution in [0.4, 0.5) is 0 Å². The molecular formula is C11H14N2O2. The molecule has 1 N–H and O–H groups in total. The number of aromatic nitrogens is 2. The molecule has 0 aliphatic carbocycles.